The number of guanidine groups is 1. The van der Waals surface area contributed by atoms with Crippen LogP contribution in [-0.4, -0.2) is 72.8 Å². The fourth-order valence-corrected chi connectivity index (χ4v) is 5.06. The van der Waals surface area contributed by atoms with Crippen LogP contribution in [0.4, 0.5) is 0 Å². The van der Waals surface area contributed by atoms with Crippen molar-refractivity contribution in [3.8, 4) is 0 Å². The van der Waals surface area contributed by atoms with Crippen molar-refractivity contribution in [1.29, 1.82) is 0 Å². The van der Waals surface area contributed by atoms with E-state index in [4.69, 9.17) is 9.52 Å². The van der Waals surface area contributed by atoms with Gasteiger partial charge in [-0.3, -0.25) is 4.90 Å². The Hall–Kier alpha value is -1.60. The zero-order valence-electron chi connectivity index (χ0n) is 20.3. The highest BCUT2D eigenvalue weighted by Gasteiger charge is 2.39. The fraction of sp³-hybridized carbons (Fsp3) is 0.833. The van der Waals surface area contributed by atoms with E-state index in [9.17, 15) is 0 Å². The Kier molecular flexibility index (Phi) is 9.20. The van der Waals surface area contributed by atoms with Crippen LogP contribution in [0.25, 0.3) is 0 Å². The number of hydrogen-bond donors (Lipinski definition) is 2. The van der Waals surface area contributed by atoms with E-state index < -0.39 is 0 Å². The molecule has 31 heavy (non-hydrogen) atoms. The third-order valence-corrected chi connectivity index (χ3v) is 7.25. The van der Waals surface area contributed by atoms with Gasteiger partial charge in [0.2, 0.25) is 0 Å². The molecule has 0 atom stereocenters. The van der Waals surface area contributed by atoms with Gasteiger partial charge >= 0.3 is 0 Å². The van der Waals surface area contributed by atoms with Gasteiger partial charge in [-0.25, -0.2) is 4.99 Å². The van der Waals surface area contributed by atoms with Gasteiger partial charge in [0.1, 0.15) is 6.54 Å². The Labute approximate surface area is 189 Å². The van der Waals surface area contributed by atoms with Gasteiger partial charge in [-0.2, -0.15) is 0 Å². The van der Waals surface area contributed by atoms with Crippen molar-refractivity contribution in [3.63, 3.8) is 0 Å². The van der Waals surface area contributed by atoms with Gasteiger partial charge in [0.25, 0.3) is 0 Å². The predicted molar refractivity (Wildman–Crippen MR) is 128 cm³/mol. The van der Waals surface area contributed by atoms with Gasteiger partial charge in [-0.1, -0.05) is 25.4 Å². The molecule has 0 aromatic carbocycles. The van der Waals surface area contributed by atoms with E-state index in [1.54, 1.807) is 0 Å². The Bertz CT molecular complexity index is 669. The second kappa shape index (κ2) is 11.9. The molecular formula is C24H44N6O. The van der Waals surface area contributed by atoms with Crippen molar-refractivity contribution in [1.82, 2.24) is 25.6 Å². The summed E-state index contributed by atoms with van der Waals surface area (Å²) in [7, 11) is 2.24. The first-order valence-electron chi connectivity index (χ1n) is 12.5. The van der Waals surface area contributed by atoms with Crippen molar-refractivity contribution in [2.24, 2.45) is 4.99 Å². The number of aromatic nitrogens is 1. The number of nitrogens with one attached hydrogen (secondary N) is 2. The first-order valence-corrected chi connectivity index (χ1v) is 12.5. The molecule has 1 aromatic rings. The summed E-state index contributed by atoms with van der Waals surface area (Å²) in [6, 6.07) is 2.08. The molecular weight excluding hydrogens is 388 g/mol. The van der Waals surface area contributed by atoms with Crippen molar-refractivity contribution in [3.05, 3.63) is 17.5 Å². The number of nitrogens with zero attached hydrogens (tertiary/aromatic N) is 4. The first-order chi connectivity index (χ1) is 15.1. The molecule has 176 valence electrons. The summed E-state index contributed by atoms with van der Waals surface area (Å²) in [5, 5.41) is 11.4. The molecule has 0 bridgehead atoms. The molecule has 7 nitrogen and oxygen atoms in total. The third kappa shape index (κ3) is 6.45. The van der Waals surface area contributed by atoms with Crippen molar-refractivity contribution < 1.29 is 4.52 Å². The van der Waals surface area contributed by atoms with Crippen LogP contribution in [0, 0.1) is 0 Å². The van der Waals surface area contributed by atoms with Crippen molar-refractivity contribution in [2.45, 2.75) is 83.7 Å². The molecule has 2 fully saturated rings. The van der Waals surface area contributed by atoms with Crippen LogP contribution in [0.2, 0.25) is 0 Å². The molecule has 7 heteroatoms. The van der Waals surface area contributed by atoms with E-state index >= 15 is 0 Å². The topological polar surface area (TPSA) is 68.9 Å². The third-order valence-electron chi connectivity index (χ3n) is 7.25. The molecule has 2 saturated heterocycles. The first kappa shape index (κ1) is 24.1. The van der Waals surface area contributed by atoms with Gasteiger partial charge in [0.15, 0.2) is 11.7 Å². The summed E-state index contributed by atoms with van der Waals surface area (Å²) in [6.45, 7) is 13.6. The molecule has 0 saturated carbocycles. The summed E-state index contributed by atoms with van der Waals surface area (Å²) in [5.74, 6) is 2.18. The molecule has 0 aliphatic carbocycles. The number of likely N-dealkylation sites (tertiary alicyclic amines) is 2. The molecule has 3 rings (SSSR count). The second-order valence-electron chi connectivity index (χ2n) is 9.36. The molecule has 0 unspecified atom stereocenters. The highest BCUT2D eigenvalue weighted by Crippen LogP contribution is 2.31. The maximum atomic E-state index is 5.57. The molecule has 1 aromatic heterocycles. The summed E-state index contributed by atoms with van der Waals surface area (Å²) in [6.07, 6.45) is 8.65. The number of rotatable bonds is 9. The lowest BCUT2D eigenvalue weighted by atomic mass is 9.84. The summed E-state index contributed by atoms with van der Waals surface area (Å²) in [5.41, 5.74) is 1.29. The Morgan fingerprint density at radius 3 is 2.45 bits per heavy atom. The molecule has 0 radical (unpaired) electrons. The second-order valence-corrected chi connectivity index (χ2v) is 9.36. The van der Waals surface area contributed by atoms with Crippen molar-refractivity contribution >= 4 is 5.96 Å². The molecule has 2 aliphatic heterocycles. The predicted octanol–water partition coefficient (Wildman–Crippen LogP) is 3.58. The van der Waals surface area contributed by atoms with E-state index in [-0.39, 0.29) is 5.54 Å². The highest BCUT2D eigenvalue weighted by atomic mass is 16.5. The summed E-state index contributed by atoms with van der Waals surface area (Å²) >= 11 is 0. The van der Waals surface area contributed by atoms with E-state index in [1.165, 1.54) is 58.3 Å². The van der Waals surface area contributed by atoms with Gasteiger partial charge in [-0.05, 0) is 78.7 Å². The minimum Gasteiger partial charge on any atom is -0.359 e. The highest BCUT2D eigenvalue weighted by molar-refractivity contribution is 5.79. The lowest BCUT2D eigenvalue weighted by Crippen LogP contribution is -2.62. The number of hydrogen-bond acceptors (Lipinski definition) is 5. The number of aliphatic imine (C=N–C) groups is 1. The lowest BCUT2D eigenvalue weighted by Gasteiger charge is -2.50. The van der Waals surface area contributed by atoms with Crippen LogP contribution >= 0.6 is 0 Å². The normalized spacial score (nSPS) is 20.9. The fourth-order valence-electron chi connectivity index (χ4n) is 5.06. The van der Waals surface area contributed by atoms with E-state index in [1.807, 2.05) is 0 Å². The standard InChI is InChI=1S/C24H44N6O/c1-5-20(6-2)22-17-21(31-28-22)18-26-23(25-7-3)27-19-24(11-15-29(4)16-12-24)30-13-9-8-10-14-30/h17,20H,5-16,18-19H2,1-4H3,(H2,25,26,27). The van der Waals surface area contributed by atoms with E-state index in [0.29, 0.717) is 12.5 Å². The minimum atomic E-state index is 0.234. The van der Waals surface area contributed by atoms with Crippen LogP contribution in [0.1, 0.15) is 83.1 Å². The Morgan fingerprint density at radius 2 is 1.81 bits per heavy atom. The average molecular weight is 433 g/mol. The molecule has 0 amide bonds. The minimum absolute atomic E-state index is 0.234. The average Bonchev–Trinajstić information content (AvgIpc) is 3.27. The summed E-state index contributed by atoms with van der Waals surface area (Å²) in [4.78, 5) is 10.0. The van der Waals surface area contributed by atoms with Crippen molar-refractivity contribution in [2.75, 3.05) is 46.3 Å². The summed E-state index contributed by atoms with van der Waals surface area (Å²) < 4.78 is 5.57. The van der Waals surface area contributed by atoms with Crippen LogP contribution in [0.3, 0.4) is 0 Å². The van der Waals surface area contributed by atoms with E-state index in [0.717, 1.165) is 43.3 Å². The SMILES string of the molecule is CCNC(=NCc1cc(C(CC)CC)no1)NCC1(N2CCCCC2)CCN(C)CC1. The zero-order valence-corrected chi connectivity index (χ0v) is 20.3. The van der Waals surface area contributed by atoms with Crippen LogP contribution in [0.15, 0.2) is 15.6 Å². The van der Waals surface area contributed by atoms with E-state index in [2.05, 4.69) is 59.5 Å². The smallest absolute Gasteiger partial charge is 0.191 e. The Balaban J connectivity index is 1.65. The van der Waals surface area contributed by atoms with Crippen LogP contribution in [0.5, 0.6) is 0 Å². The lowest BCUT2D eigenvalue weighted by molar-refractivity contribution is 0.0173. The quantitative estimate of drug-likeness (QED) is 0.459. The van der Waals surface area contributed by atoms with Crippen LogP contribution in [-0.2, 0) is 6.54 Å². The molecule has 2 aliphatic rings. The zero-order chi connectivity index (χ0) is 22.1. The van der Waals surface area contributed by atoms with Gasteiger partial charge < -0.3 is 20.1 Å². The Morgan fingerprint density at radius 1 is 1.10 bits per heavy atom. The molecule has 3 heterocycles. The van der Waals surface area contributed by atoms with Crippen LogP contribution < -0.4 is 10.6 Å². The maximum absolute atomic E-state index is 5.57. The van der Waals surface area contributed by atoms with Gasteiger partial charge in [0.05, 0.1) is 5.69 Å². The van der Waals surface area contributed by atoms with Gasteiger partial charge in [-0.15, -0.1) is 0 Å². The monoisotopic (exact) mass is 432 g/mol. The largest absolute Gasteiger partial charge is 0.359 e. The van der Waals surface area contributed by atoms with Gasteiger partial charge in [0, 0.05) is 30.6 Å². The molecule has 2 N–H and O–H groups in total. The number of piperidine rings is 2. The molecule has 0 spiro atoms. The maximum Gasteiger partial charge on any atom is 0.191 e.